The number of anilines is 2. The van der Waals surface area contributed by atoms with Gasteiger partial charge in [-0.2, -0.15) is 0 Å². The topological polar surface area (TPSA) is 93.2 Å². The number of non-ortho nitro benzene ring substituents is 1. The zero-order valence-corrected chi connectivity index (χ0v) is 12.8. The highest BCUT2D eigenvalue weighted by atomic mass is 16.6. The molecule has 0 bridgehead atoms. The van der Waals surface area contributed by atoms with Crippen LogP contribution in [0.4, 0.5) is 17.1 Å². The molecular formula is C14H24N4O2. The van der Waals surface area contributed by atoms with Gasteiger partial charge < -0.3 is 10.7 Å². The fourth-order valence-corrected chi connectivity index (χ4v) is 2.63. The van der Waals surface area contributed by atoms with E-state index in [1.807, 2.05) is 0 Å². The van der Waals surface area contributed by atoms with Crippen LogP contribution in [0.2, 0.25) is 0 Å². The lowest BCUT2D eigenvalue weighted by molar-refractivity contribution is -0.384. The molecule has 4 N–H and O–H groups in total. The smallest absolute Gasteiger partial charge is 0.273 e. The number of nitrogens with two attached hydrogens (primary N) is 1. The van der Waals surface area contributed by atoms with Crippen molar-refractivity contribution in [2.45, 2.75) is 46.6 Å². The number of nitrogens with zero attached hydrogens (tertiary/aromatic N) is 1. The molecule has 0 unspecified atom stereocenters. The first kappa shape index (κ1) is 16.2. The summed E-state index contributed by atoms with van der Waals surface area (Å²) < 4.78 is 0. The first-order valence-corrected chi connectivity index (χ1v) is 6.57. The van der Waals surface area contributed by atoms with E-state index in [0.717, 1.165) is 6.42 Å². The Kier molecular flexibility index (Phi) is 4.60. The van der Waals surface area contributed by atoms with E-state index in [-0.39, 0.29) is 16.6 Å². The van der Waals surface area contributed by atoms with Crippen molar-refractivity contribution in [1.82, 2.24) is 0 Å². The van der Waals surface area contributed by atoms with E-state index in [1.54, 1.807) is 6.07 Å². The van der Waals surface area contributed by atoms with Crippen molar-refractivity contribution >= 4 is 17.1 Å². The quantitative estimate of drug-likeness (QED) is 0.436. The first-order chi connectivity index (χ1) is 9.02. The summed E-state index contributed by atoms with van der Waals surface area (Å²) in [6.07, 6.45) is 0.925. The average Bonchev–Trinajstić information content (AvgIpc) is 2.24. The van der Waals surface area contributed by atoms with Gasteiger partial charge in [0.2, 0.25) is 0 Å². The molecule has 0 heterocycles. The van der Waals surface area contributed by atoms with Crippen molar-refractivity contribution in [3.63, 3.8) is 0 Å². The highest BCUT2D eigenvalue weighted by Crippen LogP contribution is 2.31. The van der Waals surface area contributed by atoms with Crippen molar-refractivity contribution in [3.05, 3.63) is 28.3 Å². The molecule has 1 rings (SSSR count). The normalized spacial score (nSPS) is 12.1. The fourth-order valence-electron chi connectivity index (χ4n) is 2.63. The van der Waals surface area contributed by atoms with Crippen molar-refractivity contribution < 1.29 is 4.92 Å². The zero-order chi connectivity index (χ0) is 15.6. The molecule has 0 aliphatic heterocycles. The first-order valence-electron chi connectivity index (χ1n) is 6.57. The van der Waals surface area contributed by atoms with Gasteiger partial charge in [-0.05, 0) is 31.7 Å². The van der Waals surface area contributed by atoms with Gasteiger partial charge in [-0.25, -0.2) is 0 Å². The number of rotatable bonds is 5. The van der Waals surface area contributed by atoms with Gasteiger partial charge in [0.25, 0.3) is 5.69 Å². The molecule has 1 aromatic rings. The minimum Gasteiger partial charge on any atom is -0.380 e. The summed E-state index contributed by atoms with van der Waals surface area (Å²) in [5, 5.41) is 14.3. The standard InChI is InChI=1S/C14H24N4O2/c1-13(2,3)9-14(4,5)16-10-6-11(17-15)8-12(7-10)18(19)20/h6-8,16-17H,9,15H2,1-5H3. The minimum atomic E-state index is -0.428. The molecule has 0 aliphatic rings. The molecule has 0 spiro atoms. The van der Waals surface area contributed by atoms with Gasteiger partial charge in [0.05, 0.1) is 10.6 Å². The lowest BCUT2D eigenvalue weighted by atomic mass is 9.81. The zero-order valence-electron chi connectivity index (χ0n) is 12.8. The molecule has 6 nitrogen and oxygen atoms in total. The largest absolute Gasteiger partial charge is 0.380 e. The van der Waals surface area contributed by atoms with Gasteiger partial charge in [0.15, 0.2) is 0 Å². The van der Waals surface area contributed by atoms with E-state index < -0.39 is 4.92 Å². The number of nitro groups is 1. The fraction of sp³-hybridized carbons (Fsp3) is 0.571. The molecule has 112 valence electrons. The third-order valence-electron chi connectivity index (χ3n) is 2.75. The third-order valence-corrected chi connectivity index (χ3v) is 2.75. The Balaban J connectivity index is 3.02. The van der Waals surface area contributed by atoms with Crippen LogP contribution in [0.1, 0.15) is 41.0 Å². The Hall–Kier alpha value is -1.82. The van der Waals surface area contributed by atoms with Crippen LogP contribution in [0.25, 0.3) is 0 Å². The van der Waals surface area contributed by atoms with Gasteiger partial charge in [-0.15, -0.1) is 0 Å². The maximum Gasteiger partial charge on any atom is 0.273 e. The molecule has 0 aliphatic carbocycles. The minimum absolute atomic E-state index is 0.00880. The van der Waals surface area contributed by atoms with Crippen LogP contribution in [0.15, 0.2) is 18.2 Å². The summed E-state index contributed by atoms with van der Waals surface area (Å²) in [5.41, 5.74) is 3.63. The van der Waals surface area contributed by atoms with E-state index >= 15 is 0 Å². The number of nitro benzene ring substituents is 1. The maximum atomic E-state index is 10.9. The predicted molar refractivity (Wildman–Crippen MR) is 82.7 cm³/mol. The number of hydrogen-bond donors (Lipinski definition) is 3. The molecule has 20 heavy (non-hydrogen) atoms. The number of hydrogen-bond acceptors (Lipinski definition) is 5. The summed E-state index contributed by atoms with van der Waals surface area (Å²) in [4.78, 5) is 10.5. The van der Waals surface area contributed by atoms with E-state index in [9.17, 15) is 10.1 Å². The van der Waals surface area contributed by atoms with Crippen LogP contribution in [0.5, 0.6) is 0 Å². The molecule has 0 saturated heterocycles. The average molecular weight is 280 g/mol. The summed E-state index contributed by atoms with van der Waals surface area (Å²) in [7, 11) is 0. The lowest BCUT2D eigenvalue weighted by Gasteiger charge is -2.34. The number of hydrazine groups is 1. The number of nitrogen functional groups attached to an aromatic ring is 1. The molecule has 1 aromatic carbocycles. The summed E-state index contributed by atoms with van der Waals surface area (Å²) in [6.45, 7) is 10.6. The van der Waals surface area contributed by atoms with Gasteiger partial charge in [-0.3, -0.25) is 16.0 Å². The van der Waals surface area contributed by atoms with E-state index in [4.69, 9.17) is 5.84 Å². The van der Waals surface area contributed by atoms with Crippen molar-refractivity contribution in [3.8, 4) is 0 Å². The van der Waals surface area contributed by atoms with Gasteiger partial charge >= 0.3 is 0 Å². The monoisotopic (exact) mass is 280 g/mol. The van der Waals surface area contributed by atoms with Crippen LogP contribution in [-0.2, 0) is 0 Å². The molecule has 0 saturated carbocycles. The highest BCUT2D eigenvalue weighted by Gasteiger charge is 2.25. The Labute approximate surface area is 119 Å². The molecule has 6 heteroatoms. The second kappa shape index (κ2) is 5.66. The van der Waals surface area contributed by atoms with Crippen LogP contribution >= 0.6 is 0 Å². The van der Waals surface area contributed by atoms with Crippen molar-refractivity contribution in [2.24, 2.45) is 11.3 Å². The van der Waals surface area contributed by atoms with Gasteiger partial charge in [0, 0.05) is 23.4 Å². The Morgan fingerprint density at radius 1 is 1.15 bits per heavy atom. The second-order valence-corrected chi connectivity index (χ2v) is 6.92. The van der Waals surface area contributed by atoms with E-state index in [0.29, 0.717) is 11.4 Å². The van der Waals surface area contributed by atoms with Crippen LogP contribution in [0, 0.1) is 15.5 Å². The second-order valence-electron chi connectivity index (χ2n) is 6.92. The van der Waals surface area contributed by atoms with E-state index in [2.05, 4.69) is 45.4 Å². The van der Waals surface area contributed by atoms with E-state index in [1.165, 1.54) is 12.1 Å². The summed E-state index contributed by atoms with van der Waals surface area (Å²) in [6, 6.07) is 4.69. The number of nitrogens with one attached hydrogen (secondary N) is 2. The van der Waals surface area contributed by atoms with Crippen molar-refractivity contribution in [1.29, 1.82) is 0 Å². The number of benzene rings is 1. The molecule has 0 fully saturated rings. The van der Waals surface area contributed by atoms with Gasteiger partial charge in [0.1, 0.15) is 0 Å². The van der Waals surface area contributed by atoms with Crippen molar-refractivity contribution in [2.75, 3.05) is 10.7 Å². The Morgan fingerprint density at radius 3 is 2.15 bits per heavy atom. The summed E-state index contributed by atoms with van der Waals surface area (Å²) in [5.74, 6) is 5.35. The summed E-state index contributed by atoms with van der Waals surface area (Å²) >= 11 is 0. The van der Waals surface area contributed by atoms with Crippen LogP contribution < -0.4 is 16.6 Å². The molecule has 0 atom stereocenters. The lowest BCUT2D eigenvalue weighted by Crippen LogP contribution is -2.35. The highest BCUT2D eigenvalue weighted by molar-refractivity contribution is 5.63. The molecular weight excluding hydrogens is 256 g/mol. The maximum absolute atomic E-state index is 10.9. The van der Waals surface area contributed by atoms with Crippen LogP contribution in [-0.4, -0.2) is 10.5 Å². The Morgan fingerprint density at radius 2 is 1.70 bits per heavy atom. The Bertz CT molecular complexity index is 492. The van der Waals surface area contributed by atoms with Gasteiger partial charge in [-0.1, -0.05) is 20.8 Å². The molecule has 0 radical (unpaired) electrons. The SMILES string of the molecule is CC(C)(C)CC(C)(C)Nc1cc(NN)cc([N+](=O)[O-])c1. The molecule has 0 aromatic heterocycles. The molecule has 0 amide bonds. The van der Waals surface area contributed by atoms with Crippen LogP contribution in [0.3, 0.4) is 0 Å². The third kappa shape index (κ3) is 5.05. The predicted octanol–water partition coefficient (Wildman–Crippen LogP) is 3.51.